The molecule has 0 bridgehead atoms. The zero-order chi connectivity index (χ0) is 18.7. The van der Waals surface area contributed by atoms with E-state index in [2.05, 4.69) is 21.8 Å². The minimum absolute atomic E-state index is 0.145. The van der Waals surface area contributed by atoms with Gasteiger partial charge in [0.25, 0.3) is 5.91 Å². The summed E-state index contributed by atoms with van der Waals surface area (Å²) in [6.45, 7) is 2.71. The highest BCUT2D eigenvalue weighted by molar-refractivity contribution is 7.92. The number of benzene rings is 2. The fourth-order valence-corrected chi connectivity index (χ4v) is 3.76. The summed E-state index contributed by atoms with van der Waals surface area (Å²) >= 11 is 6.20. The Morgan fingerprint density at radius 2 is 1.69 bits per heavy atom. The van der Waals surface area contributed by atoms with Crippen LogP contribution in [0.4, 0.5) is 11.4 Å². The Labute approximate surface area is 158 Å². The number of rotatable bonds is 4. The van der Waals surface area contributed by atoms with Crippen molar-refractivity contribution in [1.82, 2.24) is 4.90 Å². The van der Waals surface area contributed by atoms with Gasteiger partial charge in [-0.2, -0.15) is 0 Å². The van der Waals surface area contributed by atoms with Crippen LogP contribution in [0.3, 0.4) is 0 Å². The van der Waals surface area contributed by atoms with Gasteiger partial charge >= 0.3 is 0 Å². The van der Waals surface area contributed by atoms with E-state index < -0.39 is 10.0 Å². The number of nitrogens with one attached hydrogen (secondary N) is 1. The van der Waals surface area contributed by atoms with Crippen LogP contribution in [0.2, 0.25) is 5.02 Å². The first-order chi connectivity index (χ1) is 12.3. The van der Waals surface area contributed by atoms with Gasteiger partial charge in [-0.15, -0.1) is 0 Å². The molecule has 0 atom stereocenters. The molecule has 0 aliphatic carbocycles. The van der Waals surface area contributed by atoms with Crippen molar-refractivity contribution >= 4 is 38.9 Å². The maximum atomic E-state index is 12.7. The van der Waals surface area contributed by atoms with Gasteiger partial charge in [0.2, 0.25) is 10.0 Å². The number of hydrogen-bond donors (Lipinski definition) is 1. The highest BCUT2D eigenvalue weighted by atomic mass is 35.5. The summed E-state index contributed by atoms with van der Waals surface area (Å²) < 4.78 is 24.9. The molecule has 1 fully saturated rings. The van der Waals surface area contributed by atoms with Crippen molar-refractivity contribution in [3.63, 3.8) is 0 Å². The Kier molecular flexibility index (Phi) is 5.38. The van der Waals surface area contributed by atoms with Crippen molar-refractivity contribution in [2.75, 3.05) is 42.1 Å². The molecular formula is C18H20ClN3O3S. The molecule has 8 heteroatoms. The van der Waals surface area contributed by atoms with Crippen LogP contribution >= 0.6 is 11.6 Å². The van der Waals surface area contributed by atoms with Gasteiger partial charge in [-0.05, 0) is 30.3 Å². The van der Waals surface area contributed by atoms with Crippen molar-refractivity contribution in [1.29, 1.82) is 0 Å². The number of carbonyl (C=O) groups is 1. The van der Waals surface area contributed by atoms with Crippen LogP contribution < -0.4 is 9.62 Å². The number of piperazine rings is 1. The molecule has 1 saturated heterocycles. The van der Waals surface area contributed by atoms with Crippen molar-refractivity contribution in [3.05, 3.63) is 59.1 Å². The van der Waals surface area contributed by atoms with Crippen LogP contribution in [0.25, 0.3) is 0 Å². The average molecular weight is 394 g/mol. The van der Waals surface area contributed by atoms with Gasteiger partial charge in [-0.3, -0.25) is 9.52 Å². The lowest BCUT2D eigenvalue weighted by Gasteiger charge is -2.36. The van der Waals surface area contributed by atoms with Gasteiger partial charge < -0.3 is 9.80 Å². The van der Waals surface area contributed by atoms with Crippen LogP contribution in [-0.4, -0.2) is 51.7 Å². The molecular weight excluding hydrogens is 374 g/mol. The third kappa shape index (κ3) is 4.47. The van der Waals surface area contributed by atoms with Crippen molar-refractivity contribution < 1.29 is 13.2 Å². The number of para-hydroxylation sites is 1. The zero-order valence-corrected chi connectivity index (χ0v) is 15.9. The lowest BCUT2D eigenvalue weighted by Crippen LogP contribution is -2.48. The Morgan fingerprint density at radius 3 is 2.27 bits per heavy atom. The number of anilines is 2. The second-order valence-corrected chi connectivity index (χ2v) is 8.34. The average Bonchev–Trinajstić information content (AvgIpc) is 2.61. The predicted octanol–water partition coefficient (Wildman–Crippen LogP) is 2.67. The van der Waals surface area contributed by atoms with E-state index in [1.165, 1.54) is 6.07 Å². The highest BCUT2D eigenvalue weighted by Gasteiger charge is 2.24. The van der Waals surface area contributed by atoms with Gasteiger partial charge in [-0.25, -0.2) is 8.42 Å². The molecule has 1 aliphatic heterocycles. The van der Waals surface area contributed by atoms with Crippen LogP contribution in [0.15, 0.2) is 48.5 Å². The highest BCUT2D eigenvalue weighted by Crippen LogP contribution is 2.24. The first-order valence-electron chi connectivity index (χ1n) is 8.20. The Bertz CT molecular complexity index is 895. The number of nitrogens with zero attached hydrogens (tertiary/aromatic N) is 2. The van der Waals surface area contributed by atoms with E-state index in [1.807, 2.05) is 18.2 Å². The first kappa shape index (κ1) is 18.5. The number of hydrogen-bond acceptors (Lipinski definition) is 4. The Balaban J connectivity index is 1.67. The molecule has 0 spiro atoms. The number of halogens is 1. The molecule has 1 heterocycles. The van der Waals surface area contributed by atoms with Crippen molar-refractivity contribution in [2.45, 2.75) is 0 Å². The summed E-state index contributed by atoms with van der Waals surface area (Å²) in [6, 6.07) is 14.6. The van der Waals surface area contributed by atoms with Gasteiger partial charge in [-0.1, -0.05) is 29.8 Å². The molecule has 138 valence electrons. The van der Waals surface area contributed by atoms with Crippen LogP contribution in [0, 0.1) is 0 Å². The van der Waals surface area contributed by atoms with Gasteiger partial charge in [0, 0.05) is 37.6 Å². The topological polar surface area (TPSA) is 69.7 Å². The summed E-state index contributed by atoms with van der Waals surface area (Å²) in [5.41, 5.74) is 1.86. The third-order valence-corrected chi connectivity index (χ3v) is 5.11. The van der Waals surface area contributed by atoms with Crippen molar-refractivity contribution in [2.24, 2.45) is 0 Å². The number of sulfonamides is 1. The summed E-state index contributed by atoms with van der Waals surface area (Å²) in [6.07, 6.45) is 1.06. The van der Waals surface area contributed by atoms with E-state index in [0.717, 1.165) is 25.0 Å². The van der Waals surface area contributed by atoms with Crippen LogP contribution in [-0.2, 0) is 10.0 Å². The van der Waals surface area contributed by atoms with Crippen molar-refractivity contribution in [3.8, 4) is 0 Å². The Hall–Kier alpha value is -2.25. The smallest absolute Gasteiger partial charge is 0.255 e. The lowest BCUT2D eigenvalue weighted by molar-refractivity contribution is 0.0747. The molecule has 0 aromatic heterocycles. The monoisotopic (exact) mass is 393 g/mol. The summed E-state index contributed by atoms with van der Waals surface area (Å²) in [4.78, 5) is 16.8. The molecule has 0 saturated carbocycles. The summed E-state index contributed by atoms with van der Waals surface area (Å²) in [5.74, 6) is -0.145. The molecule has 1 aliphatic rings. The van der Waals surface area contributed by atoms with E-state index in [1.54, 1.807) is 17.0 Å². The molecule has 1 N–H and O–H groups in total. The third-order valence-electron chi connectivity index (χ3n) is 4.19. The zero-order valence-electron chi connectivity index (χ0n) is 14.4. The molecule has 0 radical (unpaired) electrons. The van der Waals surface area contributed by atoms with E-state index in [0.29, 0.717) is 24.3 Å². The van der Waals surface area contributed by atoms with E-state index >= 15 is 0 Å². The SMILES string of the molecule is CS(=O)(=O)Nc1ccc(C(=O)N2CCN(c3ccccc3)CC2)c(Cl)c1. The standard InChI is InChI=1S/C18H20ClN3O3S/c1-26(24,25)20-14-7-8-16(17(19)13-14)18(23)22-11-9-21(10-12-22)15-5-3-2-4-6-15/h2-8,13,20H,9-12H2,1H3. The normalized spacial score (nSPS) is 15.0. The molecule has 2 aromatic rings. The van der Waals surface area contributed by atoms with Crippen LogP contribution in [0.5, 0.6) is 0 Å². The van der Waals surface area contributed by atoms with E-state index in [9.17, 15) is 13.2 Å². The minimum Gasteiger partial charge on any atom is -0.368 e. The first-order valence-corrected chi connectivity index (χ1v) is 10.5. The largest absolute Gasteiger partial charge is 0.368 e. The molecule has 0 unspecified atom stereocenters. The molecule has 3 rings (SSSR count). The second kappa shape index (κ2) is 7.55. The molecule has 6 nitrogen and oxygen atoms in total. The lowest BCUT2D eigenvalue weighted by atomic mass is 10.1. The maximum absolute atomic E-state index is 12.7. The van der Waals surface area contributed by atoms with Gasteiger partial charge in [0.15, 0.2) is 0 Å². The van der Waals surface area contributed by atoms with Crippen LogP contribution in [0.1, 0.15) is 10.4 Å². The number of carbonyl (C=O) groups excluding carboxylic acids is 1. The maximum Gasteiger partial charge on any atom is 0.255 e. The molecule has 26 heavy (non-hydrogen) atoms. The molecule has 2 aromatic carbocycles. The van der Waals surface area contributed by atoms with Gasteiger partial charge in [0.1, 0.15) is 0 Å². The number of amides is 1. The van der Waals surface area contributed by atoms with E-state index in [-0.39, 0.29) is 10.9 Å². The Morgan fingerprint density at radius 1 is 1.04 bits per heavy atom. The quantitative estimate of drug-likeness (QED) is 0.867. The van der Waals surface area contributed by atoms with E-state index in [4.69, 9.17) is 11.6 Å². The fraction of sp³-hybridized carbons (Fsp3) is 0.278. The summed E-state index contributed by atoms with van der Waals surface area (Å²) in [7, 11) is -3.39. The second-order valence-electron chi connectivity index (χ2n) is 6.18. The molecule has 1 amide bonds. The predicted molar refractivity (Wildman–Crippen MR) is 104 cm³/mol. The van der Waals surface area contributed by atoms with Gasteiger partial charge in [0.05, 0.1) is 16.8 Å². The summed E-state index contributed by atoms with van der Waals surface area (Å²) in [5, 5.41) is 0.231. The fourth-order valence-electron chi connectivity index (χ4n) is 2.94. The minimum atomic E-state index is -3.39.